The first-order valence-corrected chi connectivity index (χ1v) is 10.7. The Labute approximate surface area is 163 Å². The number of aryl methyl sites for hydroxylation is 1. The Morgan fingerprint density at radius 3 is 1.35 bits per heavy atom. The summed E-state index contributed by atoms with van der Waals surface area (Å²) in [4.78, 5) is 0. The summed E-state index contributed by atoms with van der Waals surface area (Å²) >= 11 is 0. The molecule has 0 aliphatic carbocycles. The Morgan fingerprint density at radius 1 is 0.692 bits per heavy atom. The van der Waals surface area contributed by atoms with Crippen LogP contribution in [0.5, 0.6) is 11.5 Å². The molecule has 0 heterocycles. The van der Waals surface area contributed by atoms with Gasteiger partial charge in [-0.1, -0.05) is 60.2 Å². The zero-order valence-corrected chi connectivity index (χ0v) is 17.0. The normalized spacial score (nSPS) is 10.0. The van der Waals surface area contributed by atoms with E-state index in [4.69, 9.17) is 17.9 Å². The van der Waals surface area contributed by atoms with E-state index in [0.29, 0.717) is 0 Å². The Bertz CT molecular complexity index is 862. The highest BCUT2D eigenvalue weighted by Gasteiger charge is 2.04. The first-order chi connectivity index (χ1) is 12.3. The first-order valence-electron chi connectivity index (χ1n) is 7.52. The van der Waals surface area contributed by atoms with Crippen molar-refractivity contribution in [3.63, 3.8) is 0 Å². The second-order valence-electron chi connectivity index (χ2n) is 5.05. The molecule has 0 atom stereocenters. The van der Waals surface area contributed by atoms with Crippen LogP contribution in [0.25, 0.3) is 10.8 Å². The van der Waals surface area contributed by atoms with Gasteiger partial charge in [-0.05, 0) is 19.1 Å². The van der Waals surface area contributed by atoms with Crippen molar-refractivity contribution in [1.82, 2.24) is 0 Å². The van der Waals surface area contributed by atoms with Gasteiger partial charge in [0.25, 0.3) is 0 Å². The van der Waals surface area contributed by atoms with Crippen molar-refractivity contribution < 1.29 is 17.9 Å². The van der Waals surface area contributed by atoms with Crippen molar-refractivity contribution in [3.05, 3.63) is 72.3 Å². The highest BCUT2D eigenvalue weighted by Crippen LogP contribution is 2.31. The standard InChI is InChI=1S/C12H12O2.C7H8.Cl2O2S/c1-13-11-7-3-6-10-9(11)5-4-8-12(10)14-2;1-7-5-3-2-4-6-7;1-5(2,3)4/h3-8H,1-2H3;2-6H,1H3;. The minimum absolute atomic E-state index is 0.876. The molecular weight excluding hydrogens is 395 g/mol. The number of halogens is 2. The highest BCUT2D eigenvalue weighted by atomic mass is 36.0. The summed E-state index contributed by atoms with van der Waals surface area (Å²) in [6.07, 6.45) is 0. The molecule has 140 valence electrons. The van der Waals surface area contributed by atoms with Crippen LogP contribution in [-0.2, 0) is 8.26 Å². The van der Waals surface area contributed by atoms with Gasteiger partial charge in [-0.2, -0.15) is 8.42 Å². The molecule has 0 aromatic heterocycles. The summed E-state index contributed by atoms with van der Waals surface area (Å²) in [5, 5.41) is 2.16. The van der Waals surface area contributed by atoms with E-state index in [1.807, 2.05) is 54.6 Å². The summed E-state index contributed by atoms with van der Waals surface area (Å²) < 4.78 is 28.9. The molecule has 0 bridgehead atoms. The van der Waals surface area contributed by atoms with E-state index in [1.54, 1.807) is 14.2 Å². The number of methoxy groups -OCH3 is 2. The predicted molar refractivity (Wildman–Crippen MR) is 109 cm³/mol. The van der Waals surface area contributed by atoms with E-state index in [9.17, 15) is 0 Å². The number of ether oxygens (including phenoxy) is 2. The SMILES string of the molecule is COc1cccc2c(OC)cccc12.Cc1ccccc1.O=S(=O)(Cl)Cl. The van der Waals surface area contributed by atoms with Gasteiger partial charge in [0.15, 0.2) is 0 Å². The number of hydrogen-bond acceptors (Lipinski definition) is 4. The first kappa shape index (κ1) is 22.1. The monoisotopic (exact) mass is 414 g/mol. The van der Waals surface area contributed by atoms with Gasteiger partial charge in [0.1, 0.15) is 11.5 Å². The van der Waals surface area contributed by atoms with E-state index in [0.717, 1.165) is 22.3 Å². The maximum Gasteiger partial charge on any atom is 0.317 e. The quantitative estimate of drug-likeness (QED) is 0.514. The van der Waals surface area contributed by atoms with E-state index >= 15 is 0 Å². The van der Waals surface area contributed by atoms with Gasteiger partial charge < -0.3 is 9.47 Å². The largest absolute Gasteiger partial charge is 0.496 e. The topological polar surface area (TPSA) is 52.6 Å². The van der Waals surface area contributed by atoms with E-state index < -0.39 is 8.26 Å². The minimum atomic E-state index is -3.72. The fraction of sp³-hybridized carbons (Fsp3) is 0.158. The average Bonchev–Trinajstić information content (AvgIpc) is 2.60. The van der Waals surface area contributed by atoms with Crippen LogP contribution in [0.2, 0.25) is 0 Å². The maximum atomic E-state index is 9.16. The van der Waals surface area contributed by atoms with Crippen molar-refractivity contribution in [3.8, 4) is 11.5 Å². The van der Waals surface area contributed by atoms with Crippen molar-refractivity contribution >= 4 is 40.4 Å². The maximum absolute atomic E-state index is 9.16. The molecule has 7 heteroatoms. The van der Waals surface area contributed by atoms with E-state index in [1.165, 1.54) is 5.56 Å². The number of rotatable bonds is 2. The van der Waals surface area contributed by atoms with Gasteiger partial charge in [-0.15, -0.1) is 0 Å². The van der Waals surface area contributed by atoms with Crippen LogP contribution >= 0.6 is 21.4 Å². The van der Waals surface area contributed by atoms with E-state index in [-0.39, 0.29) is 0 Å². The molecule has 0 spiro atoms. The van der Waals surface area contributed by atoms with Crippen LogP contribution in [0.1, 0.15) is 5.56 Å². The third-order valence-corrected chi connectivity index (χ3v) is 3.22. The van der Waals surface area contributed by atoms with Crippen LogP contribution in [-0.4, -0.2) is 22.6 Å². The van der Waals surface area contributed by atoms with E-state index in [2.05, 4.69) is 40.4 Å². The Hall–Kier alpha value is -1.95. The van der Waals surface area contributed by atoms with Crippen LogP contribution in [0.3, 0.4) is 0 Å². The van der Waals surface area contributed by atoms with Gasteiger partial charge in [0.2, 0.25) is 0 Å². The predicted octanol–water partition coefficient (Wildman–Crippen LogP) is 5.56. The molecule has 26 heavy (non-hydrogen) atoms. The van der Waals surface area contributed by atoms with Gasteiger partial charge in [0.05, 0.1) is 14.2 Å². The number of hydrogen-bond donors (Lipinski definition) is 0. The molecule has 0 aliphatic heterocycles. The van der Waals surface area contributed by atoms with Gasteiger partial charge in [-0.3, -0.25) is 0 Å². The van der Waals surface area contributed by atoms with Crippen molar-refractivity contribution in [2.24, 2.45) is 0 Å². The summed E-state index contributed by atoms with van der Waals surface area (Å²) in [5.41, 5.74) is 1.32. The summed E-state index contributed by atoms with van der Waals surface area (Å²) in [6.45, 7) is 2.08. The molecule has 3 aromatic carbocycles. The number of fused-ring (bicyclic) bond motifs is 1. The zero-order chi connectivity index (χ0) is 19.6. The lowest BCUT2D eigenvalue weighted by atomic mass is 10.1. The lowest BCUT2D eigenvalue weighted by Crippen LogP contribution is -1.87. The molecule has 0 amide bonds. The smallest absolute Gasteiger partial charge is 0.317 e. The lowest BCUT2D eigenvalue weighted by Gasteiger charge is -2.08. The second kappa shape index (κ2) is 10.9. The van der Waals surface area contributed by atoms with Crippen LogP contribution in [0.4, 0.5) is 0 Å². The highest BCUT2D eigenvalue weighted by molar-refractivity contribution is 8.31. The minimum Gasteiger partial charge on any atom is -0.496 e. The Balaban J connectivity index is 0.000000235. The molecule has 0 N–H and O–H groups in total. The summed E-state index contributed by atoms with van der Waals surface area (Å²) in [5.74, 6) is 1.75. The number of benzene rings is 3. The average molecular weight is 415 g/mol. The molecule has 3 aromatic rings. The molecule has 0 aliphatic rings. The summed E-state index contributed by atoms with van der Waals surface area (Å²) in [6, 6.07) is 22.1. The third-order valence-electron chi connectivity index (χ3n) is 3.22. The molecule has 0 saturated carbocycles. The van der Waals surface area contributed by atoms with Gasteiger partial charge >= 0.3 is 8.26 Å². The molecule has 3 rings (SSSR count). The zero-order valence-electron chi connectivity index (χ0n) is 14.6. The van der Waals surface area contributed by atoms with Gasteiger partial charge in [-0.25, -0.2) is 0 Å². The molecule has 0 unspecified atom stereocenters. The summed E-state index contributed by atoms with van der Waals surface area (Å²) in [7, 11) is 8.16. The molecule has 4 nitrogen and oxygen atoms in total. The Morgan fingerprint density at radius 2 is 1.08 bits per heavy atom. The Kier molecular flexibility index (Phi) is 9.27. The lowest BCUT2D eigenvalue weighted by molar-refractivity contribution is 0.415. The van der Waals surface area contributed by atoms with Crippen LogP contribution in [0, 0.1) is 6.92 Å². The van der Waals surface area contributed by atoms with Crippen molar-refractivity contribution in [1.29, 1.82) is 0 Å². The molecule has 0 fully saturated rings. The van der Waals surface area contributed by atoms with Crippen molar-refractivity contribution in [2.45, 2.75) is 6.92 Å². The third kappa shape index (κ3) is 8.43. The molecule has 0 radical (unpaired) electrons. The van der Waals surface area contributed by atoms with Gasteiger partial charge in [0, 0.05) is 32.1 Å². The van der Waals surface area contributed by atoms with Crippen LogP contribution < -0.4 is 9.47 Å². The fourth-order valence-electron chi connectivity index (χ4n) is 2.14. The van der Waals surface area contributed by atoms with Crippen molar-refractivity contribution in [2.75, 3.05) is 14.2 Å². The fourth-order valence-corrected chi connectivity index (χ4v) is 2.14. The second-order valence-corrected chi connectivity index (χ2v) is 8.72. The molecular formula is C19H20Cl2O4S. The van der Waals surface area contributed by atoms with Crippen LogP contribution in [0.15, 0.2) is 66.7 Å². The molecule has 0 saturated heterocycles.